The zero-order chi connectivity index (χ0) is 34.2. The Balaban J connectivity index is 0.734. The average molecular weight is 680 g/mol. The van der Waals surface area contributed by atoms with E-state index in [1.165, 1.54) is 60.9 Å². The second kappa shape index (κ2) is 14.1. The quantitative estimate of drug-likeness (QED) is 0.115. The van der Waals surface area contributed by atoms with Crippen LogP contribution >= 0.6 is 0 Å². The molecule has 264 valence electrons. The normalized spacial score (nSPS) is 25.5. The number of aryl methyl sites for hydroxylation is 1. The molecule has 0 saturated heterocycles. The summed E-state index contributed by atoms with van der Waals surface area (Å²) in [6.07, 6.45) is 10.2. The first-order valence-corrected chi connectivity index (χ1v) is 18.8. The zero-order valence-corrected chi connectivity index (χ0v) is 29.2. The van der Waals surface area contributed by atoms with Crippen LogP contribution in [0.15, 0.2) is 54.6 Å². The fourth-order valence-electron chi connectivity index (χ4n) is 10.0. The first-order chi connectivity index (χ1) is 24.4. The summed E-state index contributed by atoms with van der Waals surface area (Å²) in [5.41, 5.74) is 8.44. The Labute approximate surface area is 294 Å². The van der Waals surface area contributed by atoms with Gasteiger partial charge in [-0.3, -0.25) is 4.79 Å². The van der Waals surface area contributed by atoms with Crippen LogP contribution in [0, 0.1) is 23.1 Å². The minimum Gasteiger partial charge on any atom is -0.508 e. The fourth-order valence-corrected chi connectivity index (χ4v) is 10.0. The third-order valence-electron chi connectivity index (χ3n) is 12.5. The minimum atomic E-state index is -0.412. The van der Waals surface area contributed by atoms with Gasteiger partial charge in [-0.05, 0) is 140 Å². The standard InChI is InChI=1S/C42H50FN3O4/c1-42-16-14-32-31-11-9-30(47)22-28(31)8-10-33(32)36(42)12-13-38(42)50-21-3-20-49-19-2-17-44-25-26-4-6-27(7-5-26)40-34-15-18-45-41(48)35-23-29(43)24-37(46-40)39(34)35/h4-7,9,11,22-24,32-33,36,38,44,46-47H,2-3,8,10,12-21,25H2,1H3,(H,45,48)/t32-,33-,36+,38+,42+/m1/s1. The van der Waals surface area contributed by atoms with Crippen LogP contribution < -0.4 is 10.6 Å². The van der Waals surface area contributed by atoms with E-state index in [4.69, 9.17) is 9.47 Å². The molecule has 2 heterocycles. The van der Waals surface area contributed by atoms with Gasteiger partial charge in [-0.15, -0.1) is 0 Å². The molecule has 0 spiro atoms. The van der Waals surface area contributed by atoms with E-state index in [0.717, 1.165) is 86.2 Å². The number of H-pyrrole nitrogens is 1. The smallest absolute Gasteiger partial charge is 0.252 e. The molecule has 2 fully saturated rings. The van der Waals surface area contributed by atoms with Crippen LogP contribution in [0.5, 0.6) is 5.75 Å². The van der Waals surface area contributed by atoms with E-state index in [9.17, 15) is 14.3 Å². The summed E-state index contributed by atoms with van der Waals surface area (Å²) in [6, 6.07) is 17.3. The topological polar surface area (TPSA) is 95.6 Å². The van der Waals surface area contributed by atoms with E-state index < -0.39 is 5.82 Å². The molecule has 50 heavy (non-hydrogen) atoms. The maximum atomic E-state index is 14.2. The number of hydrogen-bond acceptors (Lipinski definition) is 5. The number of nitrogens with one attached hydrogen (secondary N) is 3. The van der Waals surface area contributed by atoms with Crippen LogP contribution in [0.3, 0.4) is 0 Å². The number of rotatable bonds is 12. The third kappa shape index (κ3) is 6.35. The number of benzene rings is 3. The lowest BCUT2D eigenvalue weighted by Crippen LogP contribution is -2.44. The summed E-state index contributed by atoms with van der Waals surface area (Å²) in [5, 5.41) is 17.2. The van der Waals surface area contributed by atoms with Gasteiger partial charge in [0.15, 0.2) is 0 Å². The highest BCUT2D eigenvalue weighted by atomic mass is 19.1. The lowest BCUT2D eigenvalue weighted by atomic mass is 9.55. The van der Waals surface area contributed by atoms with Gasteiger partial charge in [0.25, 0.3) is 5.91 Å². The Hall–Kier alpha value is -3.72. The highest BCUT2D eigenvalue weighted by molar-refractivity contribution is 6.10. The Morgan fingerprint density at radius 2 is 1.84 bits per heavy atom. The van der Waals surface area contributed by atoms with Gasteiger partial charge < -0.3 is 30.2 Å². The first kappa shape index (κ1) is 33.4. The molecular formula is C42H50FN3O4. The van der Waals surface area contributed by atoms with E-state index in [1.54, 1.807) is 0 Å². The molecule has 1 aromatic heterocycles. The molecule has 0 radical (unpaired) electrons. The highest BCUT2D eigenvalue weighted by Crippen LogP contribution is 2.61. The molecule has 8 rings (SSSR count). The third-order valence-corrected chi connectivity index (χ3v) is 12.5. The molecule has 3 aromatic carbocycles. The molecule has 1 amide bonds. The fraction of sp³-hybridized carbons (Fsp3) is 0.500. The molecule has 5 atom stereocenters. The number of carbonyl (C=O) groups excluding carboxylic acids is 1. The monoisotopic (exact) mass is 679 g/mol. The van der Waals surface area contributed by atoms with Crippen LogP contribution in [0.2, 0.25) is 0 Å². The van der Waals surface area contributed by atoms with Crippen molar-refractivity contribution >= 4 is 16.8 Å². The van der Waals surface area contributed by atoms with Crippen LogP contribution in [0.25, 0.3) is 22.2 Å². The number of carbonyl (C=O) groups is 1. The summed E-state index contributed by atoms with van der Waals surface area (Å²) < 4.78 is 26.8. The second-order valence-corrected chi connectivity index (χ2v) is 15.3. The van der Waals surface area contributed by atoms with Crippen LogP contribution in [0.1, 0.15) is 90.4 Å². The largest absolute Gasteiger partial charge is 0.508 e. The number of ether oxygens (including phenoxy) is 2. The Kier molecular flexibility index (Phi) is 9.44. The highest BCUT2D eigenvalue weighted by Gasteiger charge is 2.55. The molecule has 0 unspecified atom stereocenters. The van der Waals surface area contributed by atoms with Crippen molar-refractivity contribution in [2.45, 2.75) is 83.3 Å². The molecule has 4 aromatic rings. The van der Waals surface area contributed by atoms with Crippen molar-refractivity contribution in [3.63, 3.8) is 0 Å². The number of hydrogen-bond donors (Lipinski definition) is 4. The minimum absolute atomic E-state index is 0.222. The second-order valence-electron chi connectivity index (χ2n) is 15.3. The summed E-state index contributed by atoms with van der Waals surface area (Å²) in [6.45, 7) is 6.93. The van der Waals surface area contributed by atoms with Crippen LogP contribution in [-0.2, 0) is 28.9 Å². The van der Waals surface area contributed by atoms with E-state index in [1.807, 2.05) is 12.1 Å². The summed E-state index contributed by atoms with van der Waals surface area (Å²) >= 11 is 0. The number of aromatic hydroxyl groups is 1. The van der Waals surface area contributed by atoms with Gasteiger partial charge in [-0.2, -0.15) is 0 Å². The van der Waals surface area contributed by atoms with Crippen molar-refractivity contribution in [2.75, 3.05) is 32.9 Å². The van der Waals surface area contributed by atoms with E-state index >= 15 is 0 Å². The molecule has 0 bridgehead atoms. The maximum absolute atomic E-state index is 14.2. The van der Waals surface area contributed by atoms with Crippen molar-refractivity contribution in [1.82, 2.24) is 15.6 Å². The molecule has 4 N–H and O–H groups in total. The van der Waals surface area contributed by atoms with Crippen molar-refractivity contribution in [2.24, 2.45) is 17.3 Å². The first-order valence-electron chi connectivity index (χ1n) is 18.8. The molecule has 1 aliphatic heterocycles. The number of phenols is 1. The maximum Gasteiger partial charge on any atom is 0.252 e. The van der Waals surface area contributed by atoms with Gasteiger partial charge in [0, 0.05) is 49.5 Å². The summed E-state index contributed by atoms with van der Waals surface area (Å²) in [5.74, 6) is 1.88. The van der Waals surface area contributed by atoms with Gasteiger partial charge in [0.2, 0.25) is 0 Å². The van der Waals surface area contributed by atoms with Crippen LogP contribution in [-0.4, -0.2) is 55.0 Å². The Bertz CT molecular complexity index is 1850. The van der Waals surface area contributed by atoms with E-state index in [0.29, 0.717) is 41.8 Å². The van der Waals surface area contributed by atoms with E-state index in [2.05, 4.69) is 52.9 Å². The van der Waals surface area contributed by atoms with Gasteiger partial charge in [-0.1, -0.05) is 37.3 Å². The molecule has 3 aliphatic carbocycles. The molecular weight excluding hydrogens is 629 g/mol. The van der Waals surface area contributed by atoms with Crippen LogP contribution in [0.4, 0.5) is 4.39 Å². The van der Waals surface area contributed by atoms with E-state index in [-0.39, 0.29) is 11.3 Å². The van der Waals surface area contributed by atoms with Gasteiger partial charge in [0.05, 0.1) is 11.7 Å². The number of phenolic OH excluding ortho intramolecular Hbond substituents is 1. The number of amides is 1. The number of halogens is 1. The van der Waals surface area contributed by atoms with Gasteiger partial charge >= 0.3 is 0 Å². The Morgan fingerprint density at radius 1 is 0.980 bits per heavy atom. The van der Waals surface area contributed by atoms with Crippen molar-refractivity contribution < 1.29 is 23.8 Å². The predicted molar refractivity (Wildman–Crippen MR) is 194 cm³/mol. The van der Waals surface area contributed by atoms with Crippen molar-refractivity contribution in [1.29, 1.82) is 0 Å². The summed E-state index contributed by atoms with van der Waals surface area (Å²) in [4.78, 5) is 15.9. The molecule has 4 aliphatic rings. The number of aromatic nitrogens is 1. The number of fused-ring (bicyclic) bond motifs is 5. The SMILES string of the molecule is C[C@]12CC[C@@H]3c4ccc(O)cc4CC[C@H]3[C@@H]1CC[C@@H]2OCCCOCCCNCc1ccc(-c2[nH]c3cc(F)cc4c3c2CCNC4=O)cc1. The molecule has 7 nitrogen and oxygen atoms in total. The lowest BCUT2D eigenvalue weighted by Gasteiger charge is -2.50. The van der Waals surface area contributed by atoms with Crippen molar-refractivity contribution in [3.05, 3.63) is 88.2 Å². The summed E-state index contributed by atoms with van der Waals surface area (Å²) in [7, 11) is 0. The zero-order valence-electron chi connectivity index (χ0n) is 29.2. The van der Waals surface area contributed by atoms with Gasteiger partial charge in [-0.25, -0.2) is 4.39 Å². The predicted octanol–water partition coefficient (Wildman–Crippen LogP) is 7.79. The van der Waals surface area contributed by atoms with Crippen molar-refractivity contribution in [3.8, 4) is 17.0 Å². The molecule has 8 heteroatoms. The lowest BCUT2D eigenvalue weighted by molar-refractivity contribution is -0.0677. The van der Waals surface area contributed by atoms with Gasteiger partial charge in [0.1, 0.15) is 11.6 Å². The number of aromatic amines is 1. The molecule has 2 saturated carbocycles. The average Bonchev–Trinajstić information content (AvgIpc) is 3.59. The Morgan fingerprint density at radius 3 is 2.72 bits per heavy atom.